The summed E-state index contributed by atoms with van der Waals surface area (Å²) in [7, 11) is 0. The van der Waals surface area contributed by atoms with Crippen LogP contribution < -0.4 is 0 Å². The van der Waals surface area contributed by atoms with Crippen LogP contribution in [0.4, 0.5) is 4.39 Å². The Hall–Kier alpha value is -2.48. The third kappa shape index (κ3) is 3.96. The number of nitrogens with zero attached hydrogens (tertiary/aromatic N) is 3. The molecule has 1 saturated heterocycles. The lowest BCUT2D eigenvalue weighted by Crippen LogP contribution is -2.30. The summed E-state index contributed by atoms with van der Waals surface area (Å²) in [4.78, 5) is 29.4. The highest BCUT2D eigenvalue weighted by molar-refractivity contribution is 6.28. The van der Waals surface area contributed by atoms with E-state index in [0.717, 1.165) is 0 Å². The fourth-order valence-electron chi connectivity index (χ4n) is 3.10. The number of nitrogens with one attached hydrogen (secondary N) is 1. The monoisotopic (exact) mass is 366 g/mol. The Kier molecular flexibility index (Phi) is 4.98. The topological polar surface area (TPSA) is 99.2 Å². The Morgan fingerprint density at radius 2 is 2.20 bits per heavy atom. The number of carbonyl (C=O) groups is 2. The molecule has 2 N–H and O–H groups in total. The number of carbonyl (C=O) groups excluding carboxylic acids is 1. The van der Waals surface area contributed by atoms with Gasteiger partial charge in [-0.05, 0) is 29.3 Å². The number of amides is 1. The molecular weight excluding hydrogens is 351 g/mol. The van der Waals surface area contributed by atoms with Crippen LogP contribution in [0.2, 0.25) is 5.28 Å². The standard InChI is InChI=1S/C16H16ClFN4O3/c17-16-19-13(20-21-16)4-5-14(23)22-7-11(12(8-22)15(24)25)9-2-1-3-10(18)6-9/h1-3,6,11-12H,4-5,7-8H2,(H,24,25)(H,19,20,21)/t11-,12+/m0/s1. The third-order valence-electron chi connectivity index (χ3n) is 4.35. The maximum atomic E-state index is 13.5. The second kappa shape index (κ2) is 7.18. The highest BCUT2D eigenvalue weighted by atomic mass is 35.5. The molecule has 0 spiro atoms. The van der Waals surface area contributed by atoms with Crippen molar-refractivity contribution in [3.63, 3.8) is 0 Å². The van der Waals surface area contributed by atoms with Gasteiger partial charge >= 0.3 is 5.97 Å². The van der Waals surface area contributed by atoms with Crippen LogP contribution in [-0.4, -0.2) is 50.2 Å². The van der Waals surface area contributed by atoms with E-state index < -0.39 is 23.6 Å². The number of H-pyrrole nitrogens is 1. The molecule has 0 bridgehead atoms. The molecule has 2 aromatic rings. The molecule has 0 unspecified atom stereocenters. The summed E-state index contributed by atoms with van der Waals surface area (Å²) in [6.45, 7) is 0.350. The maximum Gasteiger partial charge on any atom is 0.308 e. The number of benzene rings is 1. The van der Waals surface area contributed by atoms with Gasteiger partial charge in [0.25, 0.3) is 0 Å². The SMILES string of the molecule is O=C(O)[C@@H]1CN(C(=O)CCc2nc(Cl)n[nH]2)C[C@H]1c1cccc(F)c1. The number of aryl methyl sites for hydroxylation is 1. The summed E-state index contributed by atoms with van der Waals surface area (Å²) in [5.41, 5.74) is 0.588. The lowest BCUT2D eigenvalue weighted by Gasteiger charge is -2.16. The van der Waals surface area contributed by atoms with Crippen LogP contribution in [-0.2, 0) is 16.0 Å². The zero-order valence-corrected chi connectivity index (χ0v) is 13.9. The number of rotatable bonds is 5. The average Bonchev–Trinajstić information content (AvgIpc) is 3.19. The molecule has 2 atom stereocenters. The van der Waals surface area contributed by atoms with Gasteiger partial charge in [-0.1, -0.05) is 12.1 Å². The minimum Gasteiger partial charge on any atom is -0.481 e. The lowest BCUT2D eigenvalue weighted by atomic mass is 9.89. The summed E-state index contributed by atoms with van der Waals surface area (Å²) in [6, 6.07) is 5.86. The first kappa shape index (κ1) is 17.3. The largest absolute Gasteiger partial charge is 0.481 e. The van der Waals surface area contributed by atoms with E-state index in [1.54, 1.807) is 12.1 Å². The zero-order valence-electron chi connectivity index (χ0n) is 13.2. The van der Waals surface area contributed by atoms with Crippen molar-refractivity contribution in [1.82, 2.24) is 20.1 Å². The first-order valence-electron chi connectivity index (χ1n) is 7.77. The number of hydrogen-bond donors (Lipinski definition) is 2. The Labute approximate surface area is 147 Å². The smallest absolute Gasteiger partial charge is 0.308 e. The lowest BCUT2D eigenvalue weighted by molar-refractivity contribution is -0.141. The fraction of sp³-hybridized carbons (Fsp3) is 0.375. The molecule has 25 heavy (non-hydrogen) atoms. The summed E-state index contributed by atoms with van der Waals surface area (Å²) in [6.07, 6.45) is 0.491. The van der Waals surface area contributed by atoms with Crippen molar-refractivity contribution in [1.29, 1.82) is 0 Å². The van der Waals surface area contributed by atoms with Crippen molar-refractivity contribution < 1.29 is 19.1 Å². The van der Waals surface area contributed by atoms with E-state index >= 15 is 0 Å². The van der Waals surface area contributed by atoms with E-state index in [-0.39, 0.29) is 30.7 Å². The molecule has 9 heteroatoms. The van der Waals surface area contributed by atoms with Gasteiger partial charge in [0.2, 0.25) is 11.2 Å². The first-order valence-corrected chi connectivity index (χ1v) is 8.14. The molecule has 1 aliphatic rings. The number of aliphatic carboxylic acids is 1. The fourth-order valence-corrected chi connectivity index (χ4v) is 3.24. The molecule has 1 aromatic heterocycles. The minimum atomic E-state index is -0.994. The molecule has 0 saturated carbocycles. The third-order valence-corrected chi connectivity index (χ3v) is 4.52. The van der Waals surface area contributed by atoms with Crippen molar-refractivity contribution in [3.8, 4) is 0 Å². The van der Waals surface area contributed by atoms with Gasteiger partial charge < -0.3 is 10.0 Å². The van der Waals surface area contributed by atoms with Crippen molar-refractivity contribution in [2.45, 2.75) is 18.8 Å². The second-order valence-electron chi connectivity index (χ2n) is 5.96. The number of carboxylic acids is 1. The second-order valence-corrected chi connectivity index (χ2v) is 6.29. The number of hydrogen-bond acceptors (Lipinski definition) is 4. The molecule has 7 nitrogen and oxygen atoms in total. The van der Waals surface area contributed by atoms with E-state index in [2.05, 4.69) is 15.2 Å². The van der Waals surface area contributed by atoms with Crippen LogP contribution >= 0.6 is 11.6 Å². The van der Waals surface area contributed by atoms with E-state index in [9.17, 15) is 19.1 Å². The van der Waals surface area contributed by atoms with Gasteiger partial charge in [0.15, 0.2) is 0 Å². The van der Waals surface area contributed by atoms with E-state index in [0.29, 0.717) is 17.8 Å². The molecule has 2 heterocycles. The highest BCUT2D eigenvalue weighted by Gasteiger charge is 2.40. The van der Waals surface area contributed by atoms with Gasteiger partial charge in [0, 0.05) is 31.8 Å². The maximum absolute atomic E-state index is 13.5. The van der Waals surface area contributed by atoms with Gasteiger partial charge in [0.1, 0.15) is 11.6 Å². The van der Waals surface area contributed by atoms with E-state index in [1.807, 2.05) is 0 Å². The van der Waals surface area contributed by atoms with Crippen molar-refractivity contribution in [3.05, 3.63) is 46.8 Å². The van der Waals surface area contributed by atoms with Crippen LogP contribution in [0.3, 0.4) is 0 Å². The van der Waals surface area contributed by atoms with Crippen LogP contribution in [0.5, 0.6) is 0 Å². The van der Waals surface area contributed by atoms with Crippen molar-refractivity contribution in [2.24, 2.45) is 5.92 Å². The summed E-state index contributed by atoms with van der Waals surface area (Å²) >= 11 is 5.61. The number of aromatic nitrogens is 3. The normalized spacial score (nSPS) is 20.0. The average molecular weight is 367 g/mol. The number of carboxylic acid groups (broad SMARTS) is 1. The minimum absolute atomic E-state index is 0.0840. The van der Waals surface area contributed by atoms with E-state index in [4.69, 9.17) is 11.6 Å². The molecule has 1 amide bonds. The number of likely N-dealkylation sites (tertiary alicyclic amines) is 1. The van der Waals surface area contributed by atoms with Crippen LogP contribution in [0.1, 0.15) is 23.7 Å². The molecule has 1 aliphatic heterocycles. The van der Waals surface area contributed by atoms with Crippen molar-refractivity contribution in [2.75, 3.05) is 13.1 Å². The summed E-state index contributed by atoms with van der Waals surface area (Å²) in [5.74, 6) is -2.30. The molecule has 3 rings (SSSR count). The van der Waals surface area contributed by atoms with Gasteiger partial charge in [-0.15, -0.1) is 5.10 Å². The predicted octanol–water partition coefficient (Wildman–Crippen LogP) is 1.86. The number of aromatic amines is 1. The Balaban J connectivity index is 1.68. The molecule has 132 valence electrons. The Morgan fingerprint density at radius 1 is 1.40 bits per heavy atom. The highest BCUT2D eigenvalue weighted by Crippen LogP contribution is 2.33. The first-order chi connectivity index (χ1) is 11.9. The predicted molar refractivity (Wildman–Crippen MR) is 86.6 cm³/mol. The Bertz CT molecular complexity index is 797. The van der Waals surface area contributed by atoms with Crippen LogP contribution in [0.25, 0.3) is 0 Å². The molecular formula is C16H16ClFN4O3. The van der Waals surface area contributed by atoms with Crippen LogP contribution in [0.15, 0.2) is 24.3 Å². The molecule has 1 aromatic carbocycles. The zero-order chi connectivity index (χ0) is 18.0. The Morgan fingerprint density at radius 3 is 2.84 bits per heavy atom. The van der Waals surface area contributed by atoms with Gasteiger partial charge in [0.05, 0.1) is 5.92 Å². The molecule has 1 fully saturated rings. The van der Waals surface area contributed by atoms with Crippen molar-refractivity contribution >= 4 is 23.5 Å². The quantitative estimate of drug-likeness (QED) is 0.841. The molecule has 0 aliphatic carbocycles. The van der Waals surface area contributed by atoms with Gasteiger partial charge in [-0.25, -0.2) is 9.37 Å². The van der Waals surface area contributed by atoms with Gasteiger partial charge in [-0.3, -0.25) is 14.7 Å². The van der Waals surface area contributed by atoms with E-state index in [1.165, 1.54) is 17.0 Å². The van der Waals surface area contributed by atoms with Gasteiger partial charge in [-0.2, -0.15) is 0 Å². The summed E-state index contributed by atoms with van der Waals surface area (Å²) < 4.78 is 13.5. The van der Waals surface area contributed by atoms with Crippen LogP contribution in [0, 0.1) is 11.7 Å². The number of halogens is 2. The molecule has 0 radical (unpaired) electrons. The summed E-state index contributed by atoms with van der Waals surface area (Å²) in [5, 5.41) is 15.8.